The van der Waals surface area contributed by atoms with Gasteiger partial charge in [-0.3, -0.25) is 9.59 Å². The molecule has 2 aromatic rings. The molecule has 0 saturated heterocycles. The second-order valence-corrected chi connectivity index (χ2v) is 6.83. The van der Waals surface area contributed by atoms with Gasteiger partial charge >= 0.3 is 5.97 Å². The SMILES string of the molecule is O=C(O)/C=C/C(=O)N1N=C(c2cccs2)CC12C(=O)Nc1ccccc12. The third-order valence-electron chi connectivity index (χ3n) is 4.38. The summed E-state index contributed by atoms with van der Waals surface area (Å²) in [6.07, 6.45) is 1.88. The van der Waals surface area contributed by atoms with Crippen LogP contribution < -0.4 is 5.32 Å². The molecule has 0 radical (unpaired) electrons. The smallest absolute Gasteiger partial charge is 0.328 e. The van der Waals surface area contributed by atoms with Gasteiger partial charge in [0.15, 0.2) is 5.54 Å². The Balaban J connectivity index is 1.84. The molecule has 7 nitrogen and oxygen atoms in total. The van der Waals surface area contributed by atoms with Gasteiger partial charge in [0.05, 0.1) is 10.6 Å². The zero-order chi connectivity index (χ0) is 18.3. The minimum Gasteiger partial charge on any atom is -0.478 e. The van der Waals surface area contributed by atoms with Crippen molar-refractivity contribution in [2.45, 2.75) is 12.0 Å². The van der Waals surface area contributed by atoms with Gasteiger partial charge in [0, 0.05) is 29.8 Å². The summed E-state index contributed by atoms with van der Waals surface area (Å²) in [6, 6.07) is 10.9. The van der Waals surface area contributed by atoms with E-state index in [0.29, 0.717) is 17.0 Å². The molecule has 1 unspecified atom stereocenters. The van der Waals surface area contributed by atoms with Gasteiger partial charge in [0.2, 0.25) is 0 Å². The van der Waals surface area contributed by atoms with Crippen LogP contribution in [0.5, 0.6) is 0 Å². The fraction of sp³-hybridized carbons (Fsp3) is 0.111. The molecule has 0 aliphatic carbocycles. The summed E-state index contributed by atoms with van der Waals surface area (Å²) >= 11 is 1.46. The van der Waals surface area contributed by atoms with Crippen molar-refractivity contribution in [2.24, 2.45) is 5.10 Å². The van der Waals surface area contributed by atoms with Crippen molar-refractivity contribution < 1.29 is 19.5 Å². The first-order valence-corrected chi connectivity index (χ1v) is 8.68. The van der Waals surface area contributed by atoms with Gasteiger partial charge < -0.3 is 10.4 Å². The number of para-hydroxylation sites is 1. The number of thiophene rings is 1. The zero-order valence-corrected chi connectivity index (χ0v) is 14.2. The molecule has 1 atom stereocenters. The van der Waals surface area contributed by atoms with E-state index in [1.807, 2.05) is 17.5 Å². The molecule has 1 aromatic carbocycles. The van der Waals surface area contributed by atoms with Gasteiger partial charge in [-0.15, -0.1) is 11.3 Å². The normalized spacial score (nSPS) is 21.2. The maximum Gasteiger partial charge on any atom is 0.328 e. The summed E-state index contributed by atoms with van der Waals surface area (Å²) in [5.41, 5.74) is 0.581. The lowest BCUT2D eigenvalue weighted by Crippen LogP contribution is -2.48. The Morgan fingerprint density at radius 1 is 1.23 bits per heavy atom. The highest BCUT2D eigenvalue weighted by Gasteiger charge is 2.57. The van der Waals surface area contributed by atoms with Crippen molar-refractivity contribution in [3.63, 3.8) is 0 Å². The summed E-state index contributed by atoms with van der Waals surface area (Å²) in [5.74, 6) is -2.26. The maximum absolute atomic E-state index is 12.9. The van der Waals surface area contributed by atoms with Crippen molar-refractivity contribution in [2.75, 3.05) is 5.32 Å². The number of hydrogen-bond acceptors (Lipinski definition) is 5. The van der Waals surface area contributed by atoms with E-state index < -0.39 is 17.4 Å². The number of nitrogens with one attached hydrogen (secondary N) is 1. The van der Waals surface area contributed by atoms with Crippen molar-refractivity contribution in [1.82, 2.24) is 5.01 Å². The molecule has 2 N–H and O–H groups in total. The number of hydrazone groups is 1. The third kappa shape index (κ3) is 2.34. The van der Waals surface area contributed by atoms with Crippen LogP contribution in [0.3, 0.4) is 0 Å². The van der Waals surface area contributed by atoms with E-state index in [0.717, 1.165) is 22.0 Å². The number of carboxylic acid groups (broad SMARTS) is 1. The molecule has 0 bridgehead atoms. The lowest BCUT2D eigenvalue weighted by atomic mass is 9.86. The average molecular weight is 367 g/mol. The van der Waals surface area contributed by atoms with Gasteiger partial charge in [-0.05, 0) is 17.5 Å². The van der Waals surface area contributed by atoms with Crippen LogP contribution in [-0.4, -0.2) is 33.6 Å². The minimum absolute atomic E-state index is 0.225. The van der Waals surface area contributed by atoms with Crippen LogP contribution in [-0.2, 0) is 19.9 Å². The second-order valence-electron chi connectivity index (χ2n) is 5.88. The molecule has 4 rings (SSSR count). The molecular weight excluding hydrogens is 354 g/mol. The topological polar surface area (TPSA) is 99.1 Å². The monoisotopic (exact) mass is 367 g/mol. The van der Waals surface area contributed by atoms with Crippen molar-refractivity contribution in [3.8, 4) is 0 Å². The number of amides is 2. The van der Waals surface area contributed by atoms with Crippen molar-refractivity contribution >= 4 is 40.5 Å². The molecule has 0 fully saturated rings. The Morgan fingerprint density at radius 3 is 2.77 bits per heavy atom. The quantitative estimate of drug-likeness (QED) is 0.812. The Hall–Kier alpha value is -3.26. The number of anilines is 1. The van der Waals surface area contributed by atoms with Gasteiger partial charge in [-0.25, -0.2) is 9.80 Å². The Bertz CT molecular complexity index is 980. The summed E-state index contributed by atoms with van der Waals surface area (Å²) in [7, 11) is 0. The number of carbonyl (C=O) groups is 3. The highest BCUT2D eigenvalue weighted by atomic mass is 32.1. The first-order chi connectivity index (χ1) is 12.5. The number of carbonyl (C=O) groups excluding carboxylic acids is 2. The van der Waals surface area contributed by atoms with Crippen LogP contribution in [0.2, 0.25) is 0 Å². The van der Waals surface area contributed by atoms with E-state index in [4.69, 9.17) is 5.11 Å². The minimum atomic E-state index is -1.31. The molecule has 130 valence electrons. The molecule has 2 amide bonds. The molecule has 1 spiro atoms. The van der Waals surface area contributed by atoms with Crippen LogP contribution in [0.15, 0.2) is 59.0 Å². The first kappa shape index (κ1) is 16.2. The number of hydrogen-bond donors (Lipinski definition) is 2. The second kappa shape index (κ2) is 5.92. The van der Waals surface area contributed by atoms with Crippen LogP contribution in [0, 0.1) is 0 Å². The lowest BCUT2D eigenvalue weighted by Gasteiger charge is -2.29. The van der Waals surface area contributed by atoms with Crippen LogP contribution in [0.1, 0.15) is 16.9 Å². The molecule has 2 aliphatic heterocycles. The van der Waals surface area contributed by atoms with E-state index in [1.165, 1.54) is 11.3 Å². The molecule has 3 heterocycles. The summed E-state index contributed by atoms with van der Waals surface area (Å²) < 4.78 is 0. The van der Waals surface area contributed by atoms with Crippen LogP contribution in [0.25, 0.3) is 0 Å². The molecule has 8 heteroatoms. The van der Waals surface area contributed by atoms with Gasteiger partial charge in [0.25, 0.3) is 11.8 Å². The van der Waals surface area contributed by atoms with Crippen molar-refractivity contribution in [3.05, 3.63) is 64.4 Å². The predicted molar refractivity (Wildman–Crippen MR) is 95.8 cm³/mol. The van der Waals surface area contributed by atoms with Gasteiger partial charge in [-0.2, -0.15) is 5.10 Å². The predicted octanol–water partition coefficient (Wildman–Crippen LogP) is 2.17. The van der Waals surface area contributed by atoms with E-state index >= 15 is 0 Å². The van der Waals surface area contributed by atoms with E-state index in [2.05, 4.69) is 10.4 Å². The molecule has 1 aromatic heterocycles. The maximum atomic E-state index is 12.9. The molecule has 26 heavy (non-hydrogen) atoms. The Morgan fingerprint density at radius 2 is 2.04 bits per heavy atom. The fourth-order valence-corrected chi connectivity index (χ4v) is 3.98. The van der Waals surface area contributed by atoms with Crippen molar-refractivity contribution in [1.29, 1.82) is 0 Å². The highest BCUT2D eigenvalue weighted by Crippen LogP contribution is 2.47. The largest absolute Gasteiger partial charge is 0.478 e. The van der Waals surface area contributed by atoms with Crippen LogP contribution >= 0.6 is 11.3 Å². The van der Waals surface area contributed by atoms with E-state index in [1.54, 1.807) is 24.3 Å². The van der Waals surface area contributed by atoms with Gasteiger partial charge in [0.1, 0.15) is 0 Å². The number of benzene rings is 1. The number of aliphatic carboxylic acids is 1. The number of fused-ring (bicyclic) bond motifs is 2. The Kier molecular flexibility index (Phi) is 3.69. The molecular formula is C18H13N3O4S. The lowest BCUT2D eigenvalue weighted by molar-refractivity contribution is -0.140. The zero-order valence-electron chi connectivity index (χ0n) is 13.4. The molecule has 0 saturated carbocycles. The summed E-state index contributed by atoms with van der Waals surface area (Å²) in [4.78, 5) is 37.2. The first-order valence-electron chi connectivity index (χ1n) is 7.80. The Labute approximate surface area is 152 Å². The standard InChI is InChI=1S/C18H13N3O4S/c22-15(7-8-16(23)24)21-18(10-13(20-21)14-6-3-9-26-14)11-4-1-2-5-12(11)19-17(18)25/h1-9H,10H2,(H,19,25)(H,23,24)/b8-7+. The molecule has 2 aliphatic rings. The third-order valence-corrected chi connectivity index (χ3v) is 5.30. The number of nitrogens with zero attached hydrogens (tertiary/aromatic N) is 2. The van der Waals surface area contributed by atoms with Gasteiger partial charge in [-0.1, -0.05) is 24.3 Å². The van der Waals surface area contributed by atoms with E-state index in [9.17, 15) is 14.4 Å². The van der Waals surface area contributed by atoms with Crippen LogP contribution in [0.4, 0.5) is 5.69 Å². The highest BCUT2D eigenvalue weighted by molar-refractivity contribution is 7.12. The number of carboxylic acids is 1. The summed E-state index contributed by atoms with van der Waals surface area (Å²) in [6.45, 7) is 0. The average Bonchev–Trinajstić information content (AvgIpc) is 3.33. The fourth-order valence-electron chi connectivity index (χ4n) is 3.27. The number of rotatable bonds is 3. The summed E-state index contributed by atoms with van der Waals surface area (Å²) in [5, 5.41) is 19.0. The van der Waals surface area contributed by atoms with E-state index in [-0.39, 0.29) is 12.3 Å².